The van der Waals surface area contributed by atoms with Gasteiger partial charge in [-0.15, -0.1) is 0 Å². The van der Waals surface area contributed by atoms with E-state index >= 15 is 0 Å². The summed E-state index contributed by atoms with van der Waals surface area (Å²) in [5.74, 6) is 1.05. The number of hydrogen-bond donors (Lipinski definition) is 1. The SMILES string of the molecule is COc1ccc(C(C(=O)Nc2ccc(OC)cc2OC)N(Cc2ccccc2)C(=O)CSc2nc(C)cc(C)n2)cc1. The number of aromatic nitrogens is 2. The number of nitrogens with one attached hydrogen (secondary N) is 1. The van der Waals surface area contributed by atoms with E-state index in [1.54, 1.807) is 61.6 Å². The first-order valence-electron chi connectivity index (χ1n) is 13.3. The molecule has 2 amide bonds. The summed E-state index contributed by atoms with van der Waals surface area (Å²) in [7, 11) is 4.65. The van der Waals surface area contributed by atoms with Crippen LogP contribution in [0.25, 0.3) is 0 Å². The highest BCUT2D eigenvalue weighted by molar-refractivity contribution is 7.99. The van der Waals surface area contributed by atoms with Crippen LogP contribution < -0.4 is 19.5 Å². The van der Waals surface area contributed by atoms with Crippen LogP contribution in [0.1, 0.15) is 28.6 Å². The van der Waals surface area contributed by atoms with Crippen molar-refractivity contribution < 1.29 is 23.8 Å². The maximum Gasteiger partial charge on any atom is 0.251 e. The highest BCUT2D eigenvalue weighted by Gasteiger charge is 2.32. The summed E-state index contributed by atoms with van der Waals surface area (Å²) < 4.78 is 16.1. The summed E-state index contributed by atoms with van der Waals surface area (Å²) in [6.07, 6.45) is 0. The van der Waals surface area contributed by atoms with Gasteiger partial charge in [0.2, 0.25) is 5.91 Å². The summed E-state index contributed by atoms with van der Waals surface area (Å²) >= 11 is 1.24. The van der Waals surface area contributed by atoms with Crippen molar-refractivity contribution in [3.05, 3.63) is 101 Å². The maximum absolute atomic E-state index is 14.1. The Morgan fingerprint density at radius 2 is 1.48 bits per heavy atom. The molecule has 3 aromatic carbocycles. The highest BCUT2D eigenvalue weighted by atomic mass is 32.2. The molecule has 218 valence electrons. The van der Waals surface area contributed by atoms with Gasteiger partial charge in [0.05, 0.1) is 32.8 Å². The van der Waals surface area contributed by atoms with Crippen LogP contribution >= 0.6 is 11.8 Å². The van der Waals surface area contributed by atoms with E-state index in [1.807, 2.05) is 50.2 Å². The van der Waals surface area contributed by atoms with Gasteiger partial charge in [0, 0.05) is 24.0 Å². The fourth-order valence-electron chi connectivity index (χ4n) is 4.43. The van der Waals surface area contributed by atoms with Crippen molar-refractivity contribution in [3.63, 3.8) is 0 Å². The van der Waals surface area contributed by atoms with Crippen LogP contribution in [-0.2, 0) is 16.1 Å². The number of rotatable bonds is 12. The molecule has 4 rings (SSSR count). The van der Waals surface area contributed by atoms with Crippen molar-refractivity contribution in [1.29, 1.82) is 0 Å². The molecule has 1 heterocycles. The molecule has 0 aliphatic heterocycles. The minimum Gasteiger partial charge on any atom is -0.497 e. The van der Waals surface area contributed by atoms with E-state index in [0.717, 1.165) is 17.0 Å². The number of methoxy groups -OCH3 is 3. The molecular weight excluding hydrogens is 552 g/mol. The number of nitrogens with zero attached hydrogens (tertiary/aromatic N) is 3. The van der Waals surface area contributed by atoms with Gasteiger partial charge in [0.1, 0.15) is 23.3 Å². The Hall–Kier alpha value is -4.57. The molecular formula is C32H34N4O5S. The minimum absolute atomic E-state index is 0.0432. The number of ether oxygens (including phenoxy) is 3. The van der Waals surface area contributed by atoms with E-state index in [4.69, 9.17) is 14.2 Å². The smallest absolute Gasteiger partial charge is 0.251 e. The molecule has 4 aromatic rings. The quantitative estimate of drug-likeness (QED) is 0.169. The lowest BCUT2D eigenvalue weighted by Gasteiger charge is -2.32. The summed E-state index contributed by atoms with van der Waals surface area (Å²) in [4.78, 5) is 38.6. The van der Waals surface area contributed by atoms with Gasteiger partial charge >= 0.3 is 0 Å². The molecule has 1 unspecified atom stereocenters. The Balaban J connectivity index is 1.72. The average Bonchev–Trinajstić information content (AvgIpc) is 3.00. The second-order valence-corrected chi connectivity index (χ2v) is 10.4. The standard InChI is InChI=1S/C32H34N4O5S/c1-21-17-22(2)34-32(33-21)42-20-29(37)36(19-23-9-7-6-8-10-23)30(24-11-13-25(39-3)14-12-24)31(38)35-27-16-15-26(40-4)18-28(27)41-5/h6-18,30H,19-20H2,1-5H3,(H,35,38). The number of aryl methyl sites for hydroxylation is 2. The Morgan fingerprint density at radius 1 is 0.833 bits per heavy atom. The summed E-state index contributed by atoms with van der Waals surface area (Å²) in [6.45, 7) is 3.98. The van der Waals surface area contributed by atoms with Crippen molar-refractivity contribution >= 4 is 29.3 Å². The zero-order valence-electron chi connectivity index (χ0n) is 24.3. The van der Waals surface area contributed by atoms with Crippen LogP contribution in [0.2, 0.25) is 0 Å². The molecule has 9 nitrogen and oxygen atoms in total. The first-order valence-corrected chi connectivity index (χ1v) is 14.2. The predicted octanol–water partition coefficient (Wildman–Crippen LogP) is 5.62. The minimum atomic E-state index is -0.976. The summed E-state index contributed by atoms with van der Waals surface area (Å²) in [5, 5.41) is 3.48. The van der Waals surface area contributed by atoms with Crippen molar-refractivity contribution in [2.24, 2.45) is 0 Å². The molecule has 1 aromatic heterocycles. The Kier molecular flexibility index (Phi) is 10.4. The molecule has 1 N–H and O–H groups in total. The number of carbonyl (C=O) groups is 2. The largest absolute Gasteiger partial charge is 0.497 e. The van der Waals surface area contributed by atoms with Gasteiger partial charge in [-0.2, -0.15) is 0 Å². The molecule has 10 heteroatoms. The third-order valence-corrected chi connectivity index (χ3v) is 7.29. The lowest BCUT2D eigenvalue weighted by Crippen LogP contribution is -2.41. The molecule has 0 radical (unpaired) electrons. The van der Waals surface area contributed by atoms with Crippen LogP contribution in [0, 0.1) is 13.8 Å². The van der Waals surface area contributed by atoms with Crippen molar-refractivity contribution in [2.45, 2.75) is 31.6 Å². The fourth-order valence-corrected chi connectivity index (χ4v) is 5.27. The molecule has 0 bridgehead atoms. The van der Waals surface area contributed by atoms with E-state index in [1.165, 1.54) is 18.9 Å². The van der Waals surface area contributed by atoms with E-state index in [0.29, 0.717) is 33.7 Å². The second kappa shape index (κ2) is 14.4. The van der Waals surface area contributed by atoms with Gasteiger partial charge in [-0.25, -0.2) is 9.97 Å². The van der Waals surface area contributed by atoms with Crippen LogP contribution in [0.4, 0.5) is 5.69 Å². The maximum atomic E-state index is 14.1. The molecule has 0 fully saturated rings. The third kappa shape index (κ3) is 7.79. The van der Waals surface area contributed by atoms with Crippen molar-refractivity contribution in [2.75, 3.05) is 32.4 Å². The van der Waals surface area contributed by atoms with Gasteiger partial charge in [-0.1, -0.05) is 54.2 Å². The lowest BCUT2D eigenvalue weighted by atomic mass is 10.0. The number of thioether (sulfide) groups is 1. The van der Waals surface area contributed by atoms with Gasteiger partial charge < -0.3 is 24.4 Å². The van der Waals surface area contributed by atoms with E-state index in [2.05, 4.69) is 15.3 Å². The number of carbonyl (C=O) groups excluding carboxylic acids is 2. The number of amides is 2. The fraction of sp³-hybridized carbons (Fsp3) is 0.250. The van der Waals surface area contributed by atoms with Crippen LogP contribution in [0.5, 0.6) is 17.2 Å². The third-order valence-electron chi connectivity index (χ3n) is 6.46. The molecule has 0 aliphatic rings. The Bertz CT molecular complexity index is 1500. The Morgan fingerprint density at radius 3 is 2.10 bits per heavy atom. The zero-order chi connectivity index (χ0) is 30.1. The van der Waals surface area contributed by atoms with Crippen molar-refractivity contribution in [1.82, 2.24) is 14.9 Å². The molecule has 1 atom stereocenters. The molecule has 0 saturated carbocycles. The molecule has 0 aliphatic carbocycles. The molecule has 42 heavy (non-hydrogen) atoms. The normalized spacial score (nSPS) is 11.4. The van der Waals surface area contributed by atoms with E-state index in [9.17, 15) is 9.59 Å². The second-order valence-electron chi connectivity index (χ2n) is 9.46. The van der Waals surface area contributed by atoms with Crippen LogP contribution in [0.15, 0.2) is 84.0 Å². The monoisotopic (exact) mass is 586 g/mol. The lowest BCUT2D eigenvalue weighted by molar-refractivity contribution is -0.137. The first-order chi connectivity index (χ1) is 20.3. The van der Waals surface area contributed by atoms with Crippen LogP contribution in [0.3, 0.4) is 0 Å². The van der Waals surface area contributed by atoms with Gasteiger partial charge in [-0.05, 0) is 55.3 Å². The van der Waals surface area contributed by atoms with Gasteiger partial charge in [-0.3, -0.25) is 9.59 Å². The summed E-state index contributed by atoms with van der Waals surface area (Å²) in [6, 6.07) is 22.7. The average molecular weight is 587 g/mol. The molecule has 0 saturated heterocycles. The number of hydrogen-bond acceptors (Lipinski definition) is 8. The van der Waals surface area contributed by atoms with Crippen molar-refractivity contribution in [3.8, 4) is 17.2 Å². The topological polar surface area (TPSA) is 103 Å². The summed E-state index contributed by atoms with van der Waals surface area (Å²) in [5.41, 5.74) is 3.60. The number of benzene rings is 3. The van der Waals surface area contributed by atoms with Gasteiger partial charge in [0.15, 0.2) is 5.16 Å². The first kappa shape index (κ1) is 30.4. The number of anilines is 1. The van der Waals surface area contributed by atoms with E-state index in [-0.39, 0.29) is 18.2 Å². The Labute approximate surface area is 250 Å². The molecule has 0 spiro atoms. The predicted molar refractivity (Wildman–Crippen MR) is 163 cm³/mol. The van der Waals surface area contributed by atoms with E-state index < -0.39 is 11.9 Å². The highest BCUT2D eigenvalue weighted by Crippen LogP contribution is 2.32. The van der Waals surface area contributed by atoms with Gasteiger partial charge in [0.25, 0.3) is 5.91 Å². The van der Waals surface area contributed by atoms with Crippen LogP contribution in [-0.4, -0.2) is 53.8 Å². The zero-order valence-corrected chi connectivity index (χ0v) is 25.1.